The molecule has 0 aliphatic carbocycles. The Morgan fingerprint density at radius 3 is 2.46 bits per heavy atom. The minimum absolute atomic E-state index is 0.224. The maximum atomic E-state index is 12.3. The highest BCUT2D eigenvalue weighted by molar-refractivity contribution is 5.96. The number of nitrogens with one attached hydrogen (secondary N) is 2. The van der Waals surface area contributed by atoms with Crippen LogP contribution >= 0.6 is 0 Å². The lowest BCUT2D eigenvalue weighted by atomic mass is 9.98. The first-order valence-corrected chi connectivity index (χ1v) is 8.37. The fraction of sp³-hybridized carbons (Fsp3) is 0.368. The Labute approximate surface area is 151 Å². The van der Waals surface area contributed by atoms with Crippen LogP contribution in [0.15, 0.2) is 29.1 Å². The minimum atomic E-state index is -1.06. The number of aromatic nitrogens is 2. The van der Waals surface area contributed by atoms with Gasteiger partial charge in [-0.1, -0.05) is 19.9 Å². The Kier molecular flexibility index (Phi) is 5.92. The van der Waals surface area contributed by atoms with E-state index >= 15 is 0 Å². The third-order valence-corrected chi connectivity index (χ3v) is 4.21. The molecule has 1 unspecified atom stereocenters. The van der Waals surface area contributed by atoms with Gasteiger partial charge in [0.15, 0.2) is 0 Å². The number of nitrogens with zero attached hydrogens (tertiary/aromatic N) is 1. The van der Waals surface area contributed by atoms with E-state index in [9.17, 15) is 19.5 Å². The van der Waals surface area contributed by atoms with Crippen molar-refractivity contribution in [3.63, 3.8) is 0 Å². The normalized spacial score (nSPS) is 12.0. The summed E-state index contributed by atoms with van der Waals surface area (Å²) in [6, 6.07) is 5.91. The number of aromatic amines is 1. The molecule has 0 aliphatic rings. The van der Waals surface area contributed by atoms with E-state index in [2.05, 4.69) is 15.5 Å². The predicted octanol–water partition coefficient (Wildman–Crippen LogP) is 1.82. The number of benzene rings is 1. The van der Waals surface area contributed by atoms with Crippen molar-refractivity contribution < 1.29 is 14.7 Å². The van der Waals surface area contributed by atoms with Crippen LogP contribution in [0.5, 0.6) is 0 Å². The van der Waals surface area contributed by atoms with E-state index in [-0.39, 0.29) is 11.5 Å². The highest BCUT2D eigenvalue weighted by Gasteiger charge is 2.24. The molecule has 7 nitrogen and oxygen atoms in total. The first kappa shape index (κ1) is 19.4. The van der Waals surface area contributed by atoms with Gasteiger partial charge in [0.25, 0.3) is 11.5 Å². The number of carbonyl (C=O) groups excluding carboxylic acids is 1. The van der Waals surface area contributed by atoms with Crippen molar-refractivity contribution in [1.29, 1.82) is 0 Å². The monoisotopic (exact) mass is 357 g/mol. The van der Waals surface area contributed by atoms with Crippen molar-refractivity contribution in [2.24, 2.45) is 5.92 Å². The number of hydrogen-bond donors (Lipinski definition) is 3. The van der Waals surface area contributed by atoms with E-state index in [0.29, 0.717) is 17.5 Å². The average Bonchev–Trinajstić information content (AvgIpc) is 2.56. The molecular weight excluding hydrogens is 334 g/mol. The van der Waals surface area contributed by atoms with Crippen molar-refractivity contribution >= 4 is 11.9 Å². The molecule has 1 aromatic carbocycles. The highest BCUT2D eigenvalue weighted by atomic mass is 16.4. The van der Waals surface area contributed by atoms with Gasteiger partial charge in [0.1, 0.15) is 6.04 Å². The number of carboxylic acids is 1. The second-order valence-electron chi connectivity index (χ2n) is 6.72. The molecule has 0 radical (unpaired) electrons. The predicted molar refractivity (Wildman–Crippen MR) is 97.3 cm³/mol. The van der Waals surface area contributed by atoms with Gasteiger partial charge >= 0.3 is 5.97 Å². The smallest absolute Gasteiger partial charge is 0.326 e. The van der Waals surface area contributed by atoms with E-state index < -0.39 is 17.9 Å². The maximum absolute atomic E-state index is 12.3. The van der Waals surface area contributed by atoms with Gasteiger partial charge in [-0.05, 0) is 49.1 Å². The highest BCUT2D eigenvalue weighted by Crippen LogP contribution is 2.15. The summed E-state index contributed by atoms with van der Waals surface area (Å²) in [5, 5.41) is 18.1. The average molecular weight is 357 g/mol. The zero-order valence-electron chi connectivity index (χ0n) is 15.3. The van der Waals surface area contributed by atoms with Crippen LogP contribution in [0, 0.1) is 19.8 Å². The van der Waals surface area contributed by atoms with Crippen LogP contribution in [-0.2, 0) is 11.2 Å². The quantitative estimate of drug-likeness (QED) is 0.730. The van der Waals surface area contributed by atoms with Gasteiger partial charge in [-0.2, -0.15) is 5.10 Å². The molecule has 0 spiro atoms. The van der Waals surface area contributed by atoms with Crippen molar-refractivity contribution in [3.05, 3.63) is 62.6 Å². The number of carbonyl (C=O) groups is 2. The molecule has 138 valence electrons. The van der Waals surface area contributed by atoms with Crippen LogP contribution in [0.1, 0.15) is 46.6 Å². The SMILES string of the molecule is Cc1cc(Cc2ccc(C(=O)NC(C(=O)O)C(C)C)cc2C)c(=O)[nH]n1. The molecule has 0 fully saturated rings. The van der Waals surface area contributed by atoms with Gasteiger partial charge in [0.05, 0.1) is 5.69 Å². The minimum Gasteiger partial charge on any atom is -0.480 e. The van der Waals surface area contributed by atoms with Crippen molar-refractivity contribution in [3.8, 4) is 0 Å². The molecule has 26 heavy (non-hydrogen) atoms. The number of carboxylic acid groups (broad SMARTS) is 1. The molecule has 1 amide bonds. The second-order valence-corrected chi connectivity index (χ2v) is 6.72. The molecule has 2 aromatic rings. The largest absolute Gasteiger partial charge is 0.480 e. The molecular formula is C19H23N3O4. The van der Waals surface area contributed by atoms with Crippen molar-refractivity contribution in [1.82, 2.24) is 15.5 Å². The molecule has 1 atom stereocenters. The number of aliphatic carboxylic acids is 1. The lowest BCUT2D eigenvalue weighted by Crippen LogP contribution is -2.44. The first-order chi connectivity index (χ1) is 12.2. The Balaban J connectivity index is 2.21. The number of aryl methyl sites for hydroxylation is 2. The van der Waals surface area contributed by atoms with Gasteiger partial charge in [-0.15, -0.1) is 0 Å². The van der Waals surface area contributed by atoms with Gasteiger partial charge in [-0.25, -0.2) is 9.89 Å². The standard InChI is InChI=1S/C19H23N3O4/c1-10(2)16(19(25)26)20-17(23)14-6-5-13(11(3)7-14)9-15-8-12(4)21-22-18(15)24/h5-8,10,16H,9H2,1-4H3,(H,20,23)(H,22,24)(H,25,26). The Bertz CT molecular complexity index is 887. The molecule has 1 heterocycles. The Morgan fingerprint density at radius 2 is 1.88 bits per heavy atom. The second kappa shape index (κ2) is 7.95. The summed E-state index contributed by atoms with van der Waals surface area (Å²) in [5.41, 5.74) is 3.24. The third-order valence-electron chi connectivity index (χ3n) is 4.21. The van der Waals surface area contributed by atoms with Crippen LogP contribution in [0.25, 0.3) is 0 Å². The molecule has 2 rings (SSSR count). The fourth-order valence-electron chi connectivity index (χ4n) is 2.67. The summed E-state index contributed by atoms with van der Waals surface area (Å²) in [7, 11) is 0. The number of hydrogen-bond acceptors (Lipinski definition) is 4. The summed E-state index contributed by atoms with van der Waals surface area (Å²) < 4.78 is 0. The van der Waals surface area contributed by atoms with E-state index in [1.807, 2.05) is 6.92 Å². The number of amides is 1. The molecule has 3 N–H and O–H groups in total. The van der Waals surface area contributed by atoms with Crippen LogP contribution in [0.3, 0.4) is 0 Å². The Hall–Kier alpha value is -2.96. The van der Waals surface area contributed by atoms with E-state index in [1.54, 1.807) is 45.0 Å². The third kappa shape index (κ3) is 4.56. The fourth-order valence-corrected chi connectivity index (χ4v) is 2.67. The molecule has 0 aliphatic heterocycles. The summed E-state index contributed by atoms with van der Waals surface area (Å²) in [6.45, 7) is 7.13. The van der Waals surface area contributed by atoms with Crippen LogP contribution < -0.4 is 10.9 Å². The Morgan fingerprint density at radius 1 is 1.19 bits per heavy atom. The van der Waals surface area contributed by atoms with Crippen molar-refractivity contribution in [2.45, 2.75) is 40.2 Å². The van der Waals surface area contributed by atoms with Crippen LogP contribution in [0.4, 0.5) is 0 Å². The summed E-state index contributed by atoms with van der Waals surface area (Å²) in [6.07, 6.45) is 0.427. The zero-order chi connectivity index (χ0) is 19.4. The number of H-pyrrole nitrogens is 1. The topological polar surface area (TPSA) is 112 Å². The van der Waals surface area contributed by atoms with Gasteiger partial charge in [0, 0.05) is 17.5 Å². The molecule has 7 heteroatoms. The van der Waals surface area contributed by atoms with E-state index in [4.69, 9.17) is 0 Å². The molecule has 0 saturated carbocycles. The van der Waals surface area contributed by atoms with Crippen LogP contribution in [-0.4, -0.2) is 33.2 Å². The van der Waals surface area contributed by atoms with Gasteiger partial charge < -0.3 is 10.4 Å². The van der Waals surface area contributed by atoms with E-state index in [0.717, 1.165) is 16.8 Å². The van der Waals surface area contributed by atoms with Gasteiger partial charge in [-0.3, -0.25) is 9.59 Å². The molecule has 1 aromatic heterocycles. The molecule has 0 saturated heterocycles. The summed E-state index contributed by atoms with van der Waals surface area (Å²) in [4.78, 5) is 35.5. The lowest BCUT2D eigenvalue weighted by molar-refractivity contribution is -0.140. The van der Waals surface area contributed by atoms with Crippen molar-refractivity contribution in [2.75, 3.05) is 0 Å². The summed E-state index contributed by atoms with van der Waals surface area (Å²) in [5.74, 6) is -1.72. The summed E-state index contributed by atoms with van der Waals surface area (Å²) >= 11 is 0. The van der Waals surface area contributed by atoms with E-state index in [1.165, 1.54) is 0 Å². The van der Waals surface area contributed by atoms with Crippen LogP contribution in [0.2, 0.25) is 0 Å². The lowest BCUT2D eigenvalue weighted by Gasteiger charge is -2.18. The zero-order valence-corrected chi connectivity index (χ0v) is 15.3. The first-order valence-electron chi connectivity index (χ1n) is 8.37. The number of rotatable bonds is 6. The maximum Gasteiger partial charge on any atom is 0.326 e. The van der Waals surface area contributed by atoms with Gasteiger partial charge in [0.2, 0.25) is 0 Å². The molecule has 0 bridgehead atoms.